The van der Waals surface area contributed by atoms with Gasteiger partial charge in [-0.3, -0.25) is 4.79 Å². The maximum absolute atomic E-state index is 12.4. The normalized spacial score (nSPS) is 19.4. The van der Waals surface area contributed by atoms with Gasteiger partial charge in [0.2, 0.25) is 0 Å². The van der Waals surface area contributed by atoms with E-state index >= 15 is 0 Å². The molecular formula is C14H14O3. The van der Waals surface area contributed by atoms with Gasteiger partial charge in [0, 0.05) is 6.42 Å². The summed E-state index contributed by atoms with van der Waals surface area (Å²) >= 11 is 0. The van der Waals surface area contributed by atoms with Crippen molar-refractivity contribution in [2.75, 3.05) is 0 Å². The molecule has 3 nitrogen and oxygen atoms in total. The van der Waals surface area contributed by atoms with Gasteiger partial charge in [0.25, 0.3) is 0 Å². The summed E-state index contributed by atoms with van der Waals surface area (Å²) in [6.07, 6.45) is 6.58. The minimum atomic E-state index is -0.689. The molecule has 0 saturated heterocycles. The van der Waals surface area contributed by atoms with Crippen LogP contribution in [0.4, 0.5) is 0 Å². The quantitative estimate of drug-likeness (QED) is 0.795. The third kappa shape index (κ3) is 1.46. The molecule has 1 aliphatic carbocycles. The Labute approximate surface area is 99.4 Å². The number of Topliss-reactive ketones (excluding diaryl/α,β-unsaturated/α-hetero) is 1. The maximum atomic E-state index is 12.4. The van der Waals surface area contributed by atoms with Crippen LogP contribution in [0.25, 0.3) is 0 Å². The Morgan fingerprint density at radius 2 is 1.65 bits per heavy atom. The summed E-state index contributed by atoms with van der Waals surface area (Å²) in [7, 11) is 0. The van der Waals surface area contributed by atoms with E-state index in [0.29, 0.717) is 17.9 Å². The number of carbonyl (C=O) groups excluding carboxylic acids is 1. The molecule has 0 atom stereocenters. The molecule has 2 aromatic rings. The van der Waals surface area contributed by atoms with Crippen LogP contribution in [-0.4, -0.2) is 5.78 Å². The zero-order valence-corrected chi connectivity index (χ0v) is 9.52. The van der Waals surface area contributed by atoms with Gasteiger partial charge in [-0.25, -0.2) is 0 Å². The van der Waals surface area contributed by atoms with Crippen molar-refractivity contribution in [2.24, 2.45) is 0 Å². The molecule has 0 amide bonds. The molecule has 1 fully saturated rings. The van der Waals surface area contributed by atoms with Crippen LogP contribution in [0.3, 0.4) is 0 Å². The number of furan rings is 2. The van der Waals surface area contributed by atoms with Gasteiger partial charge in [0.15, 0.2) is 5.78 Å². The molecule has 0 N–H and O–H groups in total. The highest BCUT2D eigenvalue weighted by Gasteiger charge is 2.47. The van der Waals surface area contributed by atoms with Crippen molar-refractivity contribution in [1.82, 2.24) is 0 Å². The van der Waals surface area contributed by atoms with Crippen LogP contribution in [0, 0.1) is 0 Å². The number of hydrogen-bond acceptors (Lipinski definition) is 3. The Hall–Kier alpha value is -1.77. The summed E-state index contributed by atoms with van der Waals surface area (Å²) in [5.41, 5.74) is -0.689. The summed E-state index contributed by atoms with van der Waals surface area (Å²) in [4.78, 5) is 12.4. The average Bonchev–Trinajstić information content (AvgIpc) is 3.03. The lowest BCUT2D eigenvalue weighted by molar-refractivity contribution is -0.126. The van der Waals surface area contributed by atoms with E-state index in [4.69, 9.17) is 8.83 Å². The van der Waals surface area contributed by atoms with Crippen LogP contribution >= 0.6 is 0 Å². The fourth-order valence-corrected chi connectivity index (χ4v) is 2.71. The van der Waals surface area contributed by atoms with E-state index in [9.17, 15) is 4.79 Å². The molecule has 1 aliphatic rings. The summed E-state index contributed by atoms with van der Waals surface area (Å²) < 4.78 is 11.0. The average molecular weight is 230 g/mol. The predicted octanol–water partition coefficient (Wildman–Crippen LogP) is 3.30. The smallest absolute Gasteiger partial charge is 0.154 e. The molecule has 2 heterocycles. The molecule has 0 aromatic carbocycles. The second kappa shape index (κ2) is 3.91. The first-order valence-electron chi connectivity index (χ1n) is 5.95. The largest absolute Gasteiger partial charge is 0.468 e. The standard InChI is InChI=1S/C14H14O3/c15-11-5-1-2-8-14(11,12-6-3-9-16-12)13-7-4-10-17-13/h3-4,6-7,9-10H,1-2,5,8H2. The Morgan fingerprint density at radius 3 is 2.12 bits per heavy atom. The van der Waals surface area contributed by atoms with E-state index in [2.05, 4.69) is 0 Å². The van der Waals surface area contributed by atoms with E-state index in [0.717, 1.165) is 19.3 Å². The Kier molecular flexibility index (Phi) is 2.39. The topological polar surface area (TPSA) is 43.4 Å². The first kappa shape index (κ1) is 10.4. The first-order chi connectivity index (χ1) is 8.34. The Bertz CT molecular complexity index is 459. The van der Waals surface area contributed by atoms with Crippen LogP contribution in [0.5, 0.6) is 0 Å². The van der Waals surface area contributed by atoms with Gasteiger partial charge in [0.05, 0.1) is 12.5 Å². The molecule has 1 saturated carbocycles. The third-order valence-electron chi connectivity index (χ3n) is 3.57. The number of ketones is 1. The van der Waals surface area contributed by atoms with Crippen LogP contribution in [0.2, 0.25) is 0 Å². The molecule has 0 radical (unpaired) electrons. The molecular weight excluding hydrogens is 216 g/mol. The van der Waals surface area contributed by atoms with Crippen molar-refractivity contribution in [3.8, 4) is 0 Å². The molecule has 0 unspecified atom stereocenters. The molecule has 2 aromatic heterocycles. The summed E-state index contributed by atoms with van der Waals surface area (Å²) in [6.45, 7) is 0. The minimum absolute atomic E-state index is 0.202. The lowest BCUT2D eigenvalue weighted by atomic mass is 9.69. The van der Waals surface area contributed by atoms with Gasteiger partial charge < -0.3 is 8.83 Å². The van der Waals surface area contributed by atoms with Crippen LogP contribution in [0.15, 0.2) is 45.6 Å². The highest BCUT2D eigenvalue weighted by molar-refractivity contribution is 5.93. The maximum Gasteiger partial charge on any atom is 0.154 e. The summed E-state index contributed by atoms with van der Waals surface area (Å²) in [5, 5.41) is 0. The third-order valence-corrected chi connectivity index (χ3v) is 3.57. The molecule has 0 bridgehead atoms. The first-order valence-corrected chi connectivity index (χ1v) is 5.95. The zero-order valence-electron chi connectivity index (χ0n) is 9.52. The van der Waals surface area contributed by atoms with Crippen LogP contribution in [-0.2, 0) is 10.2 Å². The van der Waals surface area contributed by atoms with E-state index in [1.54, 1.807) is 12.5 Å². The lowest BCUT2D eigenvalue weighted by Gasteiger charge is -2.31. The minimum Gasteiger partial charge on any atom is -0.468 e. The van der Waals surface area contributed by atoms with Crippen molar-refractivity contribution < 1.29 is 13.6 Å². The van der Waals surface area contributed by atoms with Gasteiger partial charge in [0.1, 0.15) is 16.9 Å². The van der Waals surface area contributed by atoms with E-state index in [1.165, 1.54) is 0 Å². The second-order valence-corrected chi connectivity index (χ2v) is 4.49. The van der Waals surface area contributed by atoms with Crippen molar-refractivity contribution in [3.63, 3.8) is 0 Å². The molecule has 0 spiro atoms. The number of carbonyl (C=O) groups is 1. The fourth-order valence-electron chi connectivity index (χ4n) is 2.71. The van der Waals surface area contributed by atoms with Crippen LogP contribution in [0.1, 0.15) is 37.2 Å². The van der Waals surface area contributed by atoms with Crippen molar-refractivity contribution >= 4 is 5.78 Å². The fraction of sp³-hybridized carbons (Fsp3) is 0.357. The molecule has 3 heteroatoms. The Morgan fingerprint density at radius 1 is 1.00 bits per heavy atom. The van der Waals surface area contributed by atoms with Gasteiger partial charge in [-0.05, 0) is 37.1 Å². The van der Waals surface area contributed by atoms with Gasteiger partial charge in [-0.1, -0.05) is 6.42 Å². The SMILES string of the molecule is O=C1CCCCC1(c1ccco1)c1ccco1. The van der Waals surface area contributed by atoms with Crippen molar-refractivity contribution in [1.29, 1.82) is 0 Å². The van der Waals surface area contributed by atoms with Crippen molar-refractivity contribution in [2.45, 2.75) is 31.1 Å². The Balaban J connectivity index is 2.16. The van der Waals surface area contributed by atoms with Crippen molar-refractivity contribution in [3.05, 3.63) is 48.3 Å². The van der Waals surface area contributed by atoms with Gasteiger partial charge >= 0.3 is 0 Å². The monoisotopic (exact) mass is 230 g/mol. The predicted molar refractivity (Wildman–Crippen MR) is 61.7 cm³/mol. The summed E-state index contributed by atoms with van der Waals surface area (Å²) in [5.74, 6) is 1.61. The number of rotatable bonds is 2. The van der Waals surface area contributed by atoms with E-state index in [1.807, 2.05) is 24.3 Å². The highest BCUT2D eigenvalue weighted by atomic mass is 16.3. The number of hydrogen-bond donors (Lipinski definition) is 0. The molecule has 3 rings (SSSR count). The van der Waals surface area contributed by atoms with E-state index in [-0.39, 0.29) is 5.78 Å². The van der Waals surface area contributed by atoms with Crippen LogP contribution < -0.4 is 0 Å². The van der Waals surface area contributed by atoms with E-state index < -0.39 is 5.41 Å². The molecule has 17 heavy (non-hydrogen) atoms. The van der Waals surface area contributed by atoms with Gasteiger partial charge in [-0.2, -0.15) is 0 Å². The second-order valence-electron chi connectivity index (χ2n) is 4.49. The van der Waals surface area contributed by atoms with Gasteiger partial charge in [-0.15, -0.1) is 0 Å². The lowest BCUT2D eigenvalue weighted by Crippen LogP contribution is -2.39. The summed E-state index contributed by atoms with van der Waals surface area (Å²) in [6, 6.07) is 7.38. The zero-order chi connectivity index (χ0) is 11.7. The molecule has 88 valence electrons. The molecule has 0 aliphatic heterocycles. The highest BCUT2D eigenvalue weighted by Crippen LogP contribution is 2.42.